The smallest absolute Gasteiger partial charge is 0.277 e. The normalized spacial score (nSPS) is 19.7. The predicted molar refractivity (Wildman–Crippen MR) is 130 cm³/mol. The number of carbonyl (C=O) groups excluding carboxylic acids is 1. The molecule has 184 valence electrons. The van der Waals surface area contributed by atoms with E-state index >= 15 is 0 Å². The van der Waals surface area contributed by atoms with Crippen molar-refractivity contribution in [2.24, 2.45) is 5.41 Å². The van der Waals surface area contributed by atoms with E-state index in [1.54, 1.807) is 0 Å². The van der Waals surface area contributed by atoms with Crippen LogP contribution < -0.4 is 20.3 Å². The van der Waals surface area contributed by atoms with Crippen molar-refractivity contribution in [2.45, 2.75) is 57.5 Å². The van der Waals surface area contributed by atoms with E-state index in [9.17, 15) is 19.7 Å². The number of hydrogen-bond donors (Lipinski definition) is 2. The first kappa shape index (κ1) is 23.4. The second-order valence-corrected chi connectivity index (χ2v) is 10.8. The summed E-state index contributed by atoms with van der Waals surface area (Å²) in [7, 11) is 0. The summed E-state index contributed by atoms with van der Waals surface area (Å²) in [6, 6.07) is 2.81. The highest BCUT2D eigenvalue weighted by Crippen LogP contribution is 2.51. The number of H-pyrrole nitrogens is 1. The number of ether oxygens (including phenoxy) is 2. The molecule has 1 aromatic heterocycles. The fraction of sp³-hybridized carbons (Fsp3) is 0.458. The fourth-order valence-electron chi connectivity index (χ4n) is 4.92. The second kappa shape index (κ2) is 8.71. The number of nitrogens with zero attached hydrogens (tertiary/aromatic N) is 2. The molecule has 2 N–H and O–H groups in total. The molecule has 35 heavy (non-hydrogen) atoms. The lowest BCUT2D eigenvalue weighted by Crippen LogP contribution is -2.37. The van der Waals surface area contributed by atoms with Crippen molar-refractivity contribution in [3.05, 3.63) is 55.0 Å². The molecule has 0 spiro atoms. The topological polar surface area (TPSA) is 136 Å². The minimum Gasteiger partial charge on any atom is -0.454 e. The van der Waals surface area contributed by atoms with E-state index in [2.05, 4.69) is 22.2 Å². The number of rotatable bonds is 6. The lowest BCUT2D eigenvalue weighted by molar-refractivity contribution is -0.385. The number of aromatic nitrogens is 2. The first-order chi connectivity index (χ1) is 16.7. The number of nitro benzene ring substituents is 1. The highest BCUT2D eigenvalue weighted by Gasteiger charge is 2.45. The van der Waals surface area contributed by atoms with Crippen LogP contribution in [0.25, 0.3) is 0 Å². The van der Waals surface area contributed by atoms with Gasteiger partial charge in [-0.3, -0.25) is 19.7 Å². The van der Waals surface area contributed by atoms with Crippen molar-refractivity contribution in [2.75, 3.05) is 17.9 Å². The summed E-state index contributed by atoms with van der Waals surface area (Å²) in [6.45, 7) is 6.03. The van der Waals surface area contributed by atoms with Crippen molar-refractivity contribution >= 4 is 29.1 Å². The number of fused-ring (bicyclic) bond motifs is 2. The molecular formula is C24H26N4O6S. The van der Waals surface area contributed by atoms with Crippen LogP contribution >= 0.6 is 11.8 Å². The zero-order chi connectivity index (χ0) is 24.9. The van der Waals surface area contributed by atoms with Gasteiger partial charge in [-0.15, -0.1) is 0 Å². The Balaban J connectivity index is 1.73. The Hall–Kier alpha value is -3.34. The van der Waals surface area contributed by atoms with E-state index in [1.165, 1.54) is 23.9 Å². The van der Waals surface area contributed by atoms with Gasteiger partial charge in [0.25, 0.3) is 11.2 Å². The Bertz CT molecular complexity index is 1330. The molecule has 3 heterocycles. The summed E-state index contributed by atoms with van der Waals surface area (Å²) < 4.78 is 10.8. The van der Waals surface area contributed by atoms with Crippen LogP contribution in [0.3, 0.4) is 0 Å². The summed E-state index contributed by atoms with van der Waals surface area (Å²) >= 11 is 1.45. The van der Waals surface area contributed by atoms with Gasteiger partial charge in [-0.1, -0.05) is 39.0 Å². The molecule has 0 radical (unpaired) electrons. The zero-order valence-electron chi connectivity index (χ0n) is 19.7. The van der Waals surface area contributed by atoms with Crippen molar-refractivity contribution in [3.63, 3.8) is 0 Å². The largest absolute Gasteiger partial charge is 0.454 e. The number of carbonyl (C=O) groups is 1. The predicted octanol–water partition coefficient (Wildman–Crippen LogP) is 4.50. The van der Waals surface area contributed by atoms with Crippen LogP contribution in [0.1, 0.15) is 63.5 Å². The van der Waals surface area contributed by atoms with Crippen LogP contribution in [0.4, 0.5) is 11.5 Å². The number of Topliss-reactive ketones (excluding diaryl/α,β-unsaturated/α-hetero) is 1. The molecule has 1 aromatic carbocycles. The summed E-state index contributed by atoms with van der Waals surface area (Å²) in [4.78, 5) is 45.9. The molecule has 2 aliphatic heterocycles. The van der Waals surface area contributed by atoms with Gasteiger partial charge in [-0.2, -0.15) is 0 Å². The number of nitro groups is 1. The molecule has 5 rings (SSSR count). The van der Waals surface area contributed by atoms with Gasteiger partial charge in [0.2, 0.25) is 6.79 Å². The molecule has 1 unspecified atom stereocenters. The van der Waals surface area contributed by atoms with E-state index < -0.39 is 16.4 Å². The number of anilines is 1. The number of aromatic amines is 1. The number of nitrogens with one attached hydrogen (secondary N) is 2. The number of benzene rings is 1. The molecule has 3 aliphatic rings. The second-order valence-electron chi connectivity index (χ2n) is 9.75. The van der Waals surface area contributed by atoms with Crippen molar-refractivity contribution in [1.29, 1.82) is 0 Å². The molecule has 10 nitrogen and oxygen atoms in total. The molecule has 0 saturated carbocycles. The van der Waals surface area contributed by atoms with Gasteiger partial charge < -0.3 is 19.8 Å². The Morgan fingerprint density at radius 3 is 2.69 bits per heavy atom. The van der Waals surface area contributed by atoms with Gasteiger partial charge in [-0.25, -0.2) is 4.98 Å². The van der Waals surface area contributed by atoms with E-state index in [4.69, 9.17) is 9.47 Å². The maximum atomic E-state index is 13.4. The van der Waals surface area contributed by atoms with Crippen molar-refractivity contribution < 1.29 is 19.2 Å². The fourth-order valence-corrected chi connectivity index (χ4v) is 5.87. The number of hydrogen-bond acceptors (Lipinski definition) is 9. The van der Waals surface area contributed by atoms with E-state index in [0.29, 0.717) is 34.4 Å². The summed E-state index contributed by atoms with van der Waals surface area (Å²) in [5.41, 5.74) is 0.460. The van der Waals surface area contributed by atoms with Crippen LogP contribution in [-0.2, 0) is 4.79 Å². The highest BCUT2D eigenvalue weighted by atomic mass is 32.2. The van der Waals surface area contributed by atoms with Gasteiger partial charge in [0.05, 0.1) is 22.5 Å². The highest BCUT2D eigenvalue weighted by molar-refractivity contribution is 7.99. The minimum atomic E-state index is -0.953. The Kier molecular flexibility index (Phi) is 5.82. The molecule has 0 saturated heterocycles. The molecular weight excluding hydrogens is 472 g/mol. The van der Waals surface area contributed by atoms with Crippen LogP contribution in [0.5, 0.6) is 11.5 Å². The van der Waals surface area contributed by atoms with E-state index in [-0.39, 0.29) is 47.0 Å². The number of ketones is 1. The lowest BCUT2D eigenvalue weighted by Gasteiger charge is -2.38. The van der Waals surface area contributed by atoms with Gasteiger partial charge >= 0.3 is 0 Å². The molecule has 0 fully saturated rings. The number of unbranched alkanes of at least 4 members (excludes halogenated alkanes) is 1. The third kappa shape index (κ3) is 4.18. The van der Waals surface area contributed by atoms with Gasteiger partial charge in [0.1, 0.15) is 5.82 Å². The van der Waals surface area contributed by atoms with E-state index in [1.807, 2.05) is 13.8 Å². The summed E-state index contributed by atoms with van der Waals surface area (Å²) in [5.74, 6) is 0.628. The molecule has 0 bridgehead atoms. The van der Waals surface area contributed by atoms with Crippen molar-refractivity contribution in [1.82, 2.24) is 9.97 Å². The summed E-state index contributed by atoms with van der Waals surface area (Å²) in [5, 5.41) is 15.8. The van der Waals surface area contributed by atoms with Crippen molar-refractivity contribution in [3.8, 4) is 11.5 Å². The minimum absolute atomic E-state index is 0.0553. The average Bonchev–Trinajstić information content (AvgIpc) is 3.23. The maximum Gasteiger partial charge on any atom is 0.277 e. The maximum absolute atomic E-state index is 13.4. The van der Waals surface area contributed by atoms with Crippen LogP contribution in [0, 0.1) is 15.5 Å². The lowest BCUT2D eigenvalue weighted by atomic mass is 9.69. The molecule has 11 heteroatoms. The first-order valence-electron chi connectivity index (χ1n) is 11.6. The Morgan fingerprint density at radius 2 is 1.97 bits per heavy atom. The van der Waals surface area contributed by atoms with Gasteiger partial charge in [0, 0.05) is 29.0 Å². The van der Waals surface area contributed by atoms with Crippen LogP contribution in [0.2, 0.25) is 0 Å². The third-order valence-corrected chi connectivity index (χ3v) is 7.43. The van der Waals surface area contributed by atoms with Crippen LogP contribution in [0.15, 0.2) is 33.4 Å². The molecule has 1 aliphatic carbocycles. The monoisotopic (exact) mass is 498 g/mol. The SMILES string of the molecule is CCCCSc1nc2c(c(=O)[nH]1)C(c1cc3c(cc1[N+](=O)[O-])OCO3)C1=C(CC(C)(C)CC1=O)N2. The molecule has 2 aromatic rings. The van der Waals surface area contributed by atoms with Gasteiger partial charge in [0.15, 0.2) is 22.4 Å². The standard InChI is InChI=1S/C24H26N4O6S/c1-4-5-6-35-23-26-21-20(22(30)27-23)18(19-13(25-21)9-24(2,3)10-15(19)29)12-7-16-17(34-11-33-16)8-14(12)28(31)32/h7-8,18H,4-6,9-11H2,1-3H3,(H2,25,26,27,30). The quantitative estimate of drug-likeness (QED) is 0.194. The number of thioether (sulfide) groups is 1. The molecule has 0 amide bonds. The van der Waals surface area contributed by atoms with E-state index in [0.717, 1.165) is 18.6 Å². The third-order valence-electron chi connectivity index (χ3n) is 6.47. The molecule has 1 atom stereocenters. The van der Waals surface area contributed by atoms with Crippen LogP contribution in [-0.4, -0.2) is 33.2 Å². The zero-order valence-corrected chi connectivity index (χ0v) is 20.5. The summed E-state index contributed by atoms with van der Waals surface area (Å²) in [6.07, 6.45) is 2.82. The van der Waals surface area contributed by atoms with Gasteiger partial charge in [-0.05, 0) is 24.3 Å². The Morgan fingerprint density at radius 1 is 1.23 bits per heavy atom. The Labute approximate surface area is 205 Å². The average molecular weight is 499 g/mol. The first-order valence-corrected chi connectivity index (χ1v) is 12.6. The number of allylic oxidation sites excluding steroid dienone is 2.